The van der Waals surface area contributed by atoms with Crippen molar-refractivity contribution in [1.29, 1.82) is 0 Å². The van der Waals surface area contributed by atoms with Gasteiger partial charge < -0.3 is 10.2 Å². The summed E-state index contributed by atoms with van der Waals surface area (Å²) in [4.78, 5) is 24.3. The molecule has 1 aromatic heterocycles. The highest BCUT2D eigenvalue weighted by molar-refractivity contribution is 5.99. The lowest BCUT2D eigenvalue weighted by Gasteiger charge is -2.22. The molecule has 33 heavy (non-hydrogen) atoms. The second-order valence-electron chi connectivity index (χ2n) is 8.04. The van der Waals surface area contributed by atoms with Gasteiger partial charge in [-0.2, -0.15) is 0 Å². The Balaban J connectivity index is 1.56. The van der Waals surface area contributed by atoms with Gasteiger partial charge in [0.05, 0.1) is 0 Å². The van der Waals surface area contributed by atoms with E-state index in [4.69, 9.17) is 4.98 Å². The average Bonchev–Trinajstić information content (AvgIpc) is 2.87. The van der Waals surface area contributed by atoms with Gasteiger partial charge in [-0.1, -0.05) is 78.4 Å². The first kappa shape index (κ1) is 22.2. The molecule has 0 bridgehead atoms. The summed E-state index contributed by atoms with van der Waals surface area (Å²) in [6.07, 6.45) is 3.41. The molecule has 1 amide bonds. The number of nitrogens with one attached hydrogen (secondary N) is 1. The molecule has 0 aliphatic rings. The Morgan fingerprint density at radius 2 is 1.58 bits per heavy atom. The minimum atomic E-state index is -0.170. The number of aryl methyl sites for hydroxylation is 2. The van der Waals surface area contributed by atoms with E-state index in [9.17, 15) is 4.79 Å². The zero-order valence-electron chi connectivity index (χ0n) is 19.0. The third-order valence-electron chi connectivity index (χ3n) is 5.55. The molecule has 0 unspecified atom stereocenters. The van der Waals surface area contributed by atoms with Gasteiger partial charge in [-0.05, 0) is 37.5 Å². The number of rotatable bonds is 8. The van der Waals surface area contributed by atoms with Crippen LogP contribution < -0.4 is 10.2 Å². The number of carbonyl (C=O) groups excluding carboxylic acids is 1. The van der Waals surface area contributed by atoms with Crippen LogP contribution in [0.3, 0.4) is 0 Å². The molecule has 166 valence electrons. The number of aromatic nitrogens is 2. The van der Waals surface area contributed by atoms with Crippen molar-refractivity contribution in [2.75, 3.05) is 18.5 Å². The molecule has 0 saturated heterocycles. The smallest absolute Gasteiger partial charge is 0.256 e. The third kappa shape index (κ3) is 5.63. The number of benzene rings is 3. The van der Waals surface area contributed by atoms with Crippen LogP contribution in [0.25, 0.3) is 11.4 Å². The van der Waals surface area contributed by atoms with Gasteiger partial charge >= 0.3 is 0 Å². The normalized spacial score (nSPS) is 10.6. The fourth-order valence-electron chi connectivity index (χ4n) is 3.64. The first-order valence-electron chi connectivity index (χ1n) is 11.2. The average molecular weight is 437 g/mol. The number of hydrogen-bond acceptors (Lipinski definition) is 4. The molecular weight excluding hydrogens is 408 g/mol. The SMILES string of the molecule is Cc1ccc(N(C)c2nc(-c3ccccc3)ncc2C(=O)NCCCc2ccccc2)cc1. The highest BCUT2D eigenvalue weighted by Gasteiger charge is 2.19. The van der Waals surface area contributed by atoms with E-state index >= 15 is 0 Å². The van der Waals surface area contributed by atoms with Crippen molar-refractivity contribution in [2.45, 2.75) is 19.8 Å². The molecule has 0 spiro atoms. The quantitative estimate of drug-likeness (QED) is 0.366. The summed E-state index contributed by atoms with van der Waals surface area (Å²) >= 11 is 0. The molecule has 0 saturated carbocycles. The Kier molecular flexibility index (Phi) is 7.10. The van der Waals surface area contributed by atoms with Gasteiger partial charge in [0, 0.05) is 31.0 Å². The fraction of sp³-hybridized carbons (Fsp3) is 0.179. The lowest BCUT2D eigenvalue weighted by atomic mass is 10.1. The van der Waals surface area contributed by atoms with Crippen LogP contribution in [0, 0.1) is 6.92 Å². The molecule has 4 aromatic rings. The van der Waals surface area contributed by atoms with Gasteiger partial charge in [-0.3, -0.25) is 4.79 Å². The zero-order chi connectivity index (χ0) is 23.0. The summed E-state index contributed by atoms with van der Waals surface area (Å²) in [5.41, 5.74) is 4.76. The Hall–Kier alpha value is -3.99. The van der Waals surface area contributed by atoms with Crippen LogP contribution in [-0.2, 0) is 6.42 Å². The van der Waals surface area contributed by atoms with Crippen molar-refractivity contribution >= 4 is 17.4 Å². The zero-order valence-corrected chi connectivity index (χ0v) is 19.0. The fourth-order valence-corrected chi connectivity index (χ4v) is 3.64. The largest absolute Gasteiger partial charge is 0.352 e. The van der Waals surface area contributed by atoms with Crippen molar-refractivity contribution in [2.24, 2.45) is 0 Å². The minimum absolute atomic E-state index is 0.170. The van der Waals surface area contributed by atoms with Crippen LogP contribution in [0.4, 0.5) is 11.5 Å². The summed E-state index contributed by atoms with van der Waals surface area (Å²) in [5.74, 6) is 0.995. The Bertz CT molecular complexity index is 1190. The molecule has 0 radical (unpaired) electrons. The minimum Gasteiger partial charge on any atom is -0.352 e. The molecule has 4 rings (SSSR count). The standard InChI is InChI=1S/C28H28N4O/c1-21-15-17-24(18-16-21)32(2)27-25(20-30-26(31-27)23-13-7-4-8-14-23)28(33)29-19-9-12-22-10-5-3-6-11-22/h3-8,10-11,13-18,20H,9,12,19H2,1-2H3,(H,29,33). The van der Waals surface area contributed by atoms with E-state index in [-0.39, 0.29) is 5.91 Å². The molecule has 0 atom stereocenters. The summed E-state index contributed by atoms with van der Waals surface area (Å²) in [7, 11) is 1.92. The second-order valence-corrected chi connectivity index (χ2v) is 8.04. The maximum absolute atomic E-state index is 13.1. The molecule has 0 fully saturated rings. The number of anilines is 2. The molecule has 5 nitrogen and oxygen atoms in total. The van der Waals surface area contributed by atoms with Crippen LogP contribution in [0.1, 0.15) is 27.9 Å². The van der Waals surface area contributed by atoms with E-state index in [0.29, 0.717) is 23.8 Å². The Morgan fingerprint density at radius 1 is 0.909 bits per heavy atom. The van der Waals surface area contributed by atoms with Crippen LogP contribution in [0.2, 0.25) is 0 Å². The first-order valence-corrected chi connectivity index (χ1v) is 11.2. The topological polar surface area (TPSA) is 58.1 Å². The molecule has 5 heteroatoms. The summed E-state index contributed by atoms with van der Waals surface area (Å²) in [6, 6.07) is 28.2. The lowest BCUT2D eigenvalue weighted by molar-refractivity contribution is 0.0953. The highest BCUT2D eigenvalue weighted by atomic mass is 16.1. The second kappa shape index (κ2) is 10.6. The van der Waals surface area contributed by atoms with Gasteiger partial charge in [-0.25, -0.2) is 9.97 Å². The third-order valence-corrected chi connectivity index (χ3v) is 5.55. The summed E-state index contributed by atoms with van der Waals surface area (Å²) in [6.45, 7) is 2.64. The lowest BCUT2D eigenvalue weighted by Crippen LogP contribution is -2.27. The van der Waals surface area contributed by atoms with Gasteiger partial charge in [-0.15, -0.1) is 0 Å². The van der Waals surface area contributed by atoms with E-state index in [1.807, 2.05) is 72.6 Å². The molecule has 1 N–H and O–H groups in total. The van der Waals surface area contributed by atoms with E-state index in [1.54, 1.807) is 6.20 Å². The number of nitrogens with zero attached hydrogens (tertiary/aromatic N) is 3. The number of carbonyl (C=O) groups is 1. The van der Waals surface area contributed by atoms with Crippen molar-refractivity contribution in [3.05, 3.63) is 108 Å². The van der Waals surface area contributed by atoms with E-state index in [0.717, 1.165) is 24.1 Å². The number of amides is 1. The van der Waals surface area contributed by atoms with Gasteiger partial charge in [0.1, 0.15) is 11.4 Å². The van der Waals surface area contributed by atoms with E-state index < -0.39 is 0 Å². The predicted molar refractivity (Wildman–Crippen MR) is 134 cm³/mol. The van der Waals surface area contributed by atoms with Crippen molar-refractivity contribution < 1.29 is 4.79 Å². The molecule has 1 heterocycles. The van der Waals surface area contributed by atoms with Crippen LogP contribution in [0.5, 0.6) is 0 Å². The van der Waals surface area contributed by atoms with Crippen molar-refractivity contribution in [3.63, 3.8) is 0 Å². The maximum atomic E-state index is 13.1. The summed E-state index contributed by atoms with van der Waals surface area (Å²) < 4.78 is 0. The van der Waals surface area contributed by atoms with Gasteiger partial charge in [0.25, 0.3) is 5.91 Å². The molecule has 3 aromatic carbocycles. The van der Waals surface area contributed by atoms with Gasteiger partial charge in [0.15, 0.2) is 5.82 Å². The van der Waals surface area contributed by atoms with Crippen molar-refractivity contribution in [3.8, 4) is 11.4 Å². The van der Waals surface area contributed by atoms with Gasteiger partial charge in [0.2, 0.25) is 0 Å². The molecular formula is C28H28N4O. The Morgan fingerprint density at radius 3 is 2.27 bits per heavy atom. The molecule has 0 aliphatic carbocycles. The van der Waals surface area contributed by atoms with Crippen LogP contribution >= 0.6 is 0 Å². The van der Waals surface area contributed by atoms with E-state index in [2.05, 4.69) is 41.5 Å². The Labute approximate surface area is 195 Å². The number of hydrogen-bond donors (Lipinski definition) is 1. The highest BCUT2D eigenvalue weighted by Crippen LogP contribution is 2.27. The van der Waals surface area contributed by atoms with Crippen LogP contribution in [0.15, 0.2) is 91.1 Å². The monoisotopic (exact) mass is 436 g/mol. The molecule has 0 aliphatic heterocycles. The predicted octanol–water partition coefficient (Wildman–Crippen LogP) is 5.58. The summed E-state index contributed by atoms with van der Waals surface area (Å²) in [5, 5.41) is 3.04. The first-order chi connectivity index (χ1) is 16.1. The van der Waals surface area contributed by atoms with Crippen LogP contribution in [-0.4, -0.2) is 29.5 Å². The van der Waals surface area contributed by atoms with E-state index in [1.165, 1.54) is 11.1 Å². The van der Waals surface area contributed by atoms with Crippen molar-refractivity contribution in [1.82, 2.24) is 15.3 Å². The maximum Gasteiger partial charge on any atom is 0.256 e.